The van der Waals surface area contributed by atoms with Crippen molar-refractivity contribution in [1.82, 2.24) is 4.90 Å². The van der Waals surface area contributed by atoms with Gasteiger partial charge in [-0.15, -0.1) is 0 Å². The number of aliphatic hydroxyl groups is 1. The van der Waals surface area contributed by atoms with E-state index < -0.39 is 60.0 Å². The second kappa shape index (κ2) is 16.8. The molecule has 1 N–H and O–H groups in total. The summed E-state index contributed by atoms with van der Waals surface area (Å²) in [6, 6.07) is -0.214. The Labute approximate surface area is 274 Å². The van der Waals surface area contributed by atoms with Crippen LogP contribution in [0.25, 0.3) is 0 Å². The molecule has 0 aromatic rings. The largest absolute Gasteiger partial charge is 0.462 e. The van der Waals surface area contributed by atoms with Crippen LogP contribution in [0.2, 0.25) is 0 Å². The summed E-state index contributed by atoms with van der Waals surface area (Å²) in [4.78, 5) is 53.3. The second-order valence-corrected chi connectivity index (χ2v) is 14.1. The Morgan fingerprint density at radius 1 is 1.11 bits per heavy atom. The summed E-state index contributed by atoms with van der Waals surface area (Å²) in [6.45, 7) is 13.2. The van der Waals surface area contributed by atoms with Crippen LogP contribution in [0, 0.1) is 23.7 Å². The van der Waals surface area contributed by atoms with Crippen molar-refractivity contribution < 1.29 is 48.0 Å². The standard InChI is InChI=1S/C35H57NO10/c1-10-12-29(40)44-32-25(36(8)9)18-21(4)42-34(32)45-31-22(5)27(39)19-30(41)43-28(11-2)23(6)33-35(7,46-33)15-13-26(38)20(3)17-24(31)14-16-37/h13,15-16,20-25,27-28,31-34,39H,10-12,14,17-19H2,1-9H3/b15-13+/t20-,21-,22+,23-,24+,25+,27-,28-,31+,32-,33+,34+,35+/m1/s1. The van der Waals surface area contributed by atoms with Gasteiger partial charge in [0.25, 0.3) is 0 Å². The molecule has 0 amide bonds. The molecule has 46 heavy (non-hydrogen) atoms. The summed E-state index contributed by atoms with van der Waals surface area (Å²) in [6.07, 6.45) is 1.45. The Morgan fingerprint density at radius 3 is 2.41 bits per heavy atom. The fourth-order valence-corrected chi connectivity index (χ4v) is 7.02. The highest BCUT2D eigenvalue weighted by Crippen LogP contribution is 2.45. The number of aliphatic hydroxyl groups excluding tert-OH is 1. The van der Waals surface area contributed by atoms with Gasteiger partial charge in [-0.1, -0.05) is 34.6 Å². The van der Waals surface area contributed by atoms with E-state index in [9.17, 15) is 24.3 Å². The van der Waals surface area contributed by atoms with Gasteiger partial charge in [-0.2, -0.15) is 0 Å². The zero-order chi connectivity index (χ0) is 34.3. The average Bonchev–Trinajstić information content (AvgIpc) is 3.68. The van der Waals surface area contributed by atoms with E-state index in [0.717, 1.165) is 6.29 Å². The smallest absolute Gasteiger partial charge is 0.308 e. The first-order chi connectivity index (χ1) is 21.6. The van der Waals surface area contributed by atoms with Crippen molar-refractivity contribution >= 4 is 24.0 Å². The summed E-state index contributed by atoms with van der Waals surface area (Å²) in [5.41, 5.74) is -0.657. The number of ketones is 1. The zero-order valence-corrected chi connectivity index (χ0v) is 29.2. The van der Waals surface area contributed by atoms with Crippen molar-refractivity contribution in [2.75, 3.05) is 14.1 Å². The number of carbonyl (C=O) groups excluding carboxylic acids is 4. The maximum Gasteiger partial charge on any atom is 0.308 e. The minimum atomic E-state index is -1.19. The topological polar surface area (TPSA) is 141 Å². The lowest BCUT2D eigenvalue weighted by molar-refractivity contribution is -0.287. The fourth-order valence-electron chi connectivity index (χ4n) is 7.02. The van der Waals surface area contributed by atoms with E-state index in [0.29, 0.717) is 19.3 Å². The molecule has 0 unspecified atom stereocenters. The van der Waals surface area contributed by atoms with Crippen LogP contribution in [0.15, 0.2) is 12.2 Å². The lowest BCUT2D eigenvalue weighted by Gasteiger charge is -2.45. The Bertz CT molecular complexity index is 1080. The molecular formula is C35H57NO10. The summed E-state index contributed by atoms with van der Waals surface area (Å²) in [5, 5.41) is 11.5. The van der Waals surface area contributed by atoms with E-state index in [4.69, 9.17) is 23.7 Å². The maximum atomic E-state index is 13.4. The number of cyclic esters (lactones) is 1. The molecule has 11 heteroatoms. The van der Waals surface area contributed by atoms with Crippen LogP contribution >= 0.6 is 0 Å². The van der Waals surface area contributed by atoms with Crippen LogP contribution in [0.5, 0.6) is 0 Å². The van der Waals surface area contributed by atoms with Crippen LogP contribution in [-0.4, -0.2) is 103 Å². The minimum Gasteiger partial charge on any atom is -0.462 e. The molecule has 0 spiro atoms. The van der Waals surface area contributed by atoms with Gasteiger partial charge in [0.2, 0.25) is 0 Å². The molecule has 0 aromatic carbocycles. The third kappa shape index (κ3) is 9.69. The summed E-state index contributed by atoms with van der Waals surface area (Å²) >= 11 is 0. The molecule has 2 saturated heterocycles. The van der Waals surface area contributed by atoms with Crippen molar-refractivity contribution in [2.45, 2.75) is 148 Å². The Kier molecular flexibility index (Phi) is 14.0. The van der Waals surface area contributed by atoms with Crippen LogP contribution in [0.3, 0.4) is 0 Å². The van der Waals surface area contributed by atoms with E-state index in [1.165, 1.54) is 0 Å². The number of hydrogen-bond acceptors (Lipinski definition) is 11. The molecule has 13 atom stereocenters. The van der Waals surface area contributed by atoms with E-state index in [1.807, 2.05) is 60.5 Å². The molecule has 2 fully saturated rings. The highest BCUT2D eigenvalue weighted by Gasteiger charge is 2.55. The predicted molar refractivity (Wildman–Crippen MR) is 171 cm³/mol. The molecule has 262 valence electrons. The Morgan fingerprint density at radius 2 is 1.80 bits per heavy atom. The van der Waals surface area contributed by atoms with Gasteiger partial charge in [-0.3, -0.25) is 14.4 Å². The minimum absolute atomic E-state index is 0.0471. The number of fused-ring (bicyclic) bond motifs is 1. The van der Waals surface area contributed by atoms with E-state index >= 15 is 0 Å². The van der Waals surface area contributed by atoms with Gasteiger partial charge in [-0.05, 0) is 71.7 Å². The normalized spacial score (nSPS) is 41.7. The molecule has 3 aliphatic heterocycles. The first-order valence-corrected chi connectivity index (χ1v) is 17.0. The number of carbonyl (C=O) groups is 4. The number of nitrogens with zero attached hydrogens (tertiary/aromatic N) is 1. The highest BCUT2D eigenvalue weighted by atomic mass is 16.7. The van der Waals surface area contributed by atoms with E-state index in [-0.39, 0.29) is 61.6 Å². The molecule has 0 bridgehead atoms. The van der Waals surface area contributed by atoms with Crippen LogP contribution in [-0.2, 0) is 42.9 Å². The average molecular weight is 652 g/mol. The van der Waals surface area contributed by atoms with Gasteiger partial charge < -0.3 is 38.5 Å². The molecule has 0 aromatic heterocycles. The van der Waals surface area contributed by atoms with Crippen LogP contribution in [0.1, 0.15) is 93.4 Å². The lowest BCUT2D eigenvalue weighted by atomic mass is 9.79. The number of esters is 2. The number of allylic oxidation sites excluding steroid dienone is 1. The Balaban J connectivity index is 2.01. The third-order valence-corrected chi connectivity index (χ3v) is 9.99. The van der Waals surface area contributed by atoms with Crippen molar-refractivity contribution in [1.29, 1.82) is 0 Å². The van der Waals surface area contributed by atoms with Gasteiger partial charge in [-0.25, -0.2) is 0 Å². The lowest BCUT2D eigenvalue weighted by Crippen LogP contribution is -2.57. The maximum absolute atomic E-state index is 13.4. The van der Waals surface area contributed by atoms with E-state index in [2.05, 4.69) is 0 Å². The number of hydrogen-bond donors (Lipinski definition) is 1. The molecular weight excluding hydrogens is 594 g/mol. The summed E-state index contributed by atoms with van der Waals surface area (Å²) in [7, 11) is 3.81. The van der Waals surface area contributed by atoms with Gasteiger partial charge in [0.05, 0.1) is 36.9 Å². The SMILES string of the molecule is CCCC(=O)O[C@H]1[C@H](O[C@@H]2[C@@H](CC=O)C[C@@H](C)C(=O)/C=C/[C@]3(C)O[C@H]3[C@H](C)[C@@H](CC)OC(=O)C[C@@H](O)[C@@H]2C)O[C@H](C)C[C@@H]1N(C)C. The molecule has 0 saturated carbocycles. The number of ether oxygens (including phenoxy) is 5. The first-order valence-electron chi connectivity index (χ1n) is 17.0. The van der Waals surface area contributed by atoms with Crippen molar-refractivity contribution in [3.05, 3.63) is 12.2 Å². The van der Waals surface area contributed by atoms with Crippen molar-refractivity contribution in [3.8, 4) is 0 Å². The summed E-state index contributed by atoms with van der Waals surface area (Å²) in [5.74, 6) is -2.83. The van der Waals surface area contributed by atoms with Gasteiger partial charge in [0.15, 0.2) is 18.2 Å². The highest BCUT2D eigenvalue weighted by molar-refractivity contribution is 5.91. The number of likely N-dealkylation sites (N-methyl/N-ethyl adjacent to an activating group) is 1. The molecule has 3 rings (SSSR count). The number of aldehydes is 1. The van der Waals surface area contributed by atoms with Gasteiger partial charge in [0, 0.05) is 30.6 Å². The van der Waals surface area contributed by atoms with Crippen molar-refractivity contribution in [3.63, 3.8) is 0 Å². The fraction of sp³-hybridized carbons (Fsp3) is 0.829. The molecule has 0 aliphatic carbocycles. The monoisotopic (exact) mass is 651 g/mol. The number of rotatable bonds is 9. The zero-order valence-electron chi connectivity index (χ0n) is 29.2. The van der Waals surface area contributed by atoms with E-state index in [1.54, 1.807) is 19.1 Å². The van der Waals surface area contributed by atoms with Crippen LogP contribution < -0.4 is 0 Å². The van der Waals surface area contributed by atoms with Crippen LogP contribution in [0.4, 0.5) is 0 Å². The molecule has 3 heterocycles. The second-order valence-electron chi connectivity index (χ2n) is 14.1. The summed E-state index contributed by atoms with van der Waals surface area (Å²) < 4.78 is 30.8. The first kappa shape index (κ1) is 38.3. The molecule has 0 radical (unpaired) electrons. The molecule has 3 aliphatic rings. The van der Waals surface area contributed by atoms with Crippen molar-refractivity contribution in [2.24, 2.45) is 23.7 Å². The quantitative estimate of drug-likeness (QED) is 0.220. The molecule has 11 nitrogen and oxygen atoms in total. The third-order valence-electron chi connectivity index (χ3n) is 9.99. The number of epoxide rings is 1. The Hall–Kier alpha value is -2.18. The predicted octanol–water partition coefficient (Wildman–Crippen LogP) is 4.02. The van der Waals surface area contributed by atoms with Gasteiger partial charge >= 0.3 is 11.9 Å². The van der Waals surface area contributed by atoms with Gasteiger partial charge in [0.1, 0.15) is 18.0 Å².